The number of esters is 1. The average molecular weight is 349 g/mol. The molecular formula is C16H19N3O4S. The summed E-state index contributed by atoms with van der Waals surface area (Å²) >= 11 is 1.32. The van der Waals surface area contributed by atoms with Crippen LogP contribution in [0, 0.1) is 5.92 Å². The zero-order chi connectivity index (χ0) is 17.1. The van der Waals surface area contributed by atoms with Gasteiger partial charge in [0.1, 0.15) is 11.2 Å². The van der Waals surface area contributed by atoms with Crippen LogP contribution in [0.15, 0.2) is 22.6 Å². The average Bonchev–Trinajstić information content (AvgIpc) is 3.07. The minimum atomic E-state index is -0.280. The summed E-state index contributed by atoms with van der Waals surface area (Å²) in [7, 11) is 0. The molecule has 0 unspecified atom stereocenters. The van der Waals surface area contributed by atoms with Gasteiger partial charge in [-0.1, -0.05) is 0 Å². The molecule has 1 amide bonds. The highest BCUT2D eigenvalue weighted by Crippen LogP contribution is 2.18. The van der Waals surface area contributed by atoms with Crippen LogP contribution < -0.4 is 5.56 Å². The van der Waals surface area contributed by atoms with Crippen LogP contribution in [0.25, 0.3) is 10.2 Å². The van der Waals surface area contributed by atoms with Crippen molar-refractivity contribution in [2.24, 2.45) is 5.92 Å². The number of carbonyl (C=O) groups excluding carboxylic acids is 2. The lowest BCUT2D eigenvalue weighted by atomic mass is 9.98. The van der Waals surface area contributed by atoms with Gasteiger partial charge >= 0.3 is 5.97 Å². The van der Waals surface area contributed by atoms with Gasteiger partial charge in [0, 0.05) is 13.1 Å². The Hall–Kier alpha value is -2.22. The SMILES string of the molecule is CCOC(=O)[C@H]1CCCN(C(=O)Cn2cnc3ccsc3c2=O)C1. The Labute approximate surface area is 142 Å². The summed E-state index contributed by atoms with van der Waals surface area (Å²) < 4.78 is 6.92. The molecule has 1 saturated heterocycles. The smallest absolute Gasteiger partial charge is 0.310 e. The van der Waals surface area contributed by atoms with Crippen LogP contribution >= 0.6 is 11.3 Å². The van der Waals surface area contributed by atoms with Crippen molar-refractivity contribution in [2.45, 2.75) is 26.3 Å². The molecule has 0 spiro atoms. The van der Waals surface area contributed by atoms with E-state index in [4.69, 9.17) is 4.74 Å². The second kappa shape index (κ2) is 7.12. The lowest BCUT2D eigenvalue weighted by Gasteiger charge is -2.31. The number of hydrogen-bond donors (Lipinski definition) is 0. The van der Waals surface area contributed by atoms with Crippen LogP contribution in [0.4, 0.5) is 0 Å². The van der Waals surface area contributed by atoms with Gasteiger partial charge in [-0.05, 0) is 31.2 Å². The van der Waals surface area contributed by atoms with E-state index in [0.717, 1.165) is 12.8 Å². The predicted octanol–water partition coefficient (Wildman–Crippen LogP) is 1.26. The first-order valence-electron chi connectivity index (χ1n) is 7.97. The number of carbonyl (C=O) groups is 2. The lowest BCUT2D eigenvalue weighted by Crippen LogP contribution is -2.44. The summed E-state index contributed by atoms with van der Waals surface area (Å²) in [5.41, 5.74) is 0.441. The molecule has 0 N–H and O–H groups in total. The summed E-state index contributed by atoms with van der Waals surface area (Å²) in [4.78, 5) is 42.6. The third kappa shape index (κ3) is 3.33. The van der Waals surface area contributed by atoms with E-state index in [-0.39, 0.29) is 29.9 Å². The van der Waals surface area contributed by atoms with Gasteiger partial charge in [-0.2, -0.15) is 0 Å². The topological polar surface area (TPSA) is 81.5 Å². The maximum atomic E-state index is 12.5. The number of hydrogen-bond acceptors (Lipinski definition) is 6. The number of thiophene rings is 1. The van der Waals surface area contributed by atoms with Crippen molar-refractivity contribution < 1.29 is 14.3 Å². The third-order valence-corrected chi connectivity index (χ3v) is 5.03. The third-order valence-electron chi connectivity index (χ3n) is 4.14. The summed E-state index contributed by atoms with van der Waals surface area (Å²) in [6.45, 7) is 2.99. The van der Waals surface area contributed by atoms with Crippen LogP contribution in [-0.2, 0) is 20.9 Å². The first-order valence-corrected chi connectivity index (χ1v) is 8.85. The molecule has 0 aliphatic carbocycles. The number of nitrogens with zero attached hydrogens (tertiary/aromatic N) is 3. The van der Waals surface area contributed by atoms with E-state index in [1.165, 1.54) is 22.2 Å². The molecule has 24 heavy (non-hydrogen) atoms. The predicted molar refractivity (Wildman–Crippen MR) is 89.8 cm³/mol. The maximum Gasteiger partial charge on any atom is 0.310 e. The number of aromatic nitrogens is 2. The minimum Gasteiger partial charge on any atom is -0.466 e. The molecule has 128 valence electrons. The van der Waals surface area contributed by atoms with Gasteiger partial charge in [-0.3, -0.25) is 19.0 Å². The molecule has 3 heterocycles. The Morgan fingerprint density at radius 3 is 3.08 bits per heavy atom. The monoisotopic (exact) mass is 349 g/mol. The van der Waals surface area contributed by atoms with E-state index in [0.29, 0.717) is 29.9 Å². The molecule has 1 aliphatic rings. The van der Waals surface area contributed by atoms with Crippen LogP contribution in [0.2, 0.25) is 0 Å². The van der Waals surface area contributed by atoms with Crippen molar-refractivity contribution in [3.05, 3.63) is 28.1 Å². The first-order chi connectivity index (χ1) is 11.6. The van der Waals surface area contributed by atoms with Crippen molar-refractivity contribution in [1.29, 1.82) is 0 Å². The molecule has 2 aromatic rings. The highest BCUT2D eigenvalue weighted by Gasteiger charge is 2.29. The molecule has 8 heteroatoms. The van der Waals surface area contributed by atoms with Crippen LogP contribution in [-0.4, -0.2) is 46.0 Å². The number of fused-ring (bicyclic) bond motifs is 1. The highest BCUT2D eigenvalue weighted by atomic mass is 32.1. The van der Waals surface area contributed by atoms with Crippen LogP contribution in [0.1, 0.15) is 19.8 Å². The zero-order valence-corrected chi connectivity index (χ0v) is 14.3. The summed E-state index contributed by atoms with van der Waals surface area (Å²) in [5.74, 6) is -0.713. The van der Waals surface area contributed by atoms with E-state index < -0.39 is 0 Å². The Bertz CT molecular complexity index is 813. The number of likely N-dealkylation sites (tertiary alicyclic amines) is 1. The van der Waals surface area contributed by atoms with Crippen molar-refractivity contribution >= 4 is 33.4 Å². The highest BCUT2D eigenvalue weighted by molar-refractivity contribution is 7.17. The number of amides is 1. The van der Waals surface area contributed by atoms with E-state index >= 15 is 0 Å². The number of ether oxygens (including phenoxy) is 1. The van der Waals surface area contributed by atoms with Crippen molar-refractivity contribution in [3.8, 4) is 0 Å². The van der Waals surface area contributed by atoms with Crippen molar-refractivity contribution in [2.75, 3.05) is 19.7 Å². The van der Waals surface area contributed by atoms with Crippen LogP contribution in [0.3, 0.4) is 0 Å². The first kappa shape index (κ1) is 16.6. The Morgan fingerprint density at radius 2 is 2.29 bits per heavy atom. The second-order valence-electron chi connectivity index (χ2n) is 5.74. The molecule has 1 fully saturated rings. The lowest BCUT2D eigenvalue weighted by molar-refractivity contribution is -0.151. The van der Waals surface area contributed by atoms with E-state index in [9.17, 15) is 14.4 Å². The number of piperidine rings is 1. The van der Waals surface area contributed by atoms with Gasteiger partial charge in [0.05, 0.1) is 24.4 Å². The molecule has 0 bridgehead atoms. The fourth-order valence-corrected chi connectivity index (χ4v) is 3.69. The fraction of sp³-hybridized carbons (Fsp3) is 0.500. The molecule has 2 aromatic heterocycles. The normalized spacial score (nSPS) is 17.9. The van der Waals surface area contributed by atoms with Gasteiger partial charge < -0.3 is 9.64 Å². The van der Waals surface area contributed by atoms with Gasteiger partial charge in [-0.15, -0.1) is 11.3 Å². The molecule has 0 aromatic carbocycles. The maximum absolute atomic E-state index is 12.5. The van der Waals surface area contributed by atoms with Crippen molar-refractivity contribution in [3.63, 3.8) is 0 Å². The molecule has 0 saturated carbocycles. The van der Waals surface area contributed by atoms with E-state index in [2.05, 4.69) is 4.98 Å². The van der Waals surface area contributed by atoms with Gasteiger partial charge in [-0.25, -0.2) is 4.98 Å². The molecule has 1 aliphatic heterocycles. The quantitative estimate of drug-likeness (QED) is 0.776. The standard InChI is InChI=1S/C16H19N3O4S/c1-2-23-16(22)11-4-3-6-18(8-11)13(20)9-19-10-17-12-5-7-24-14(12)15(19)21/h5,7,10-11H,2-4,6,8-9H2,1H3/t11-/m0/s1. The van der Waals surface area contributed by atoms with Crippen molar-refractivity contribution in [1.82, 2.24) is 14.5 Å². The van der Waals surface area contributed by atoms with Gasteiger partial charge in [0.2, 0.25) is 5.91 Å². The molecule has 7 nitrogen and oxygen atoms in total. The Kier molecular flexibility index (Phi) is 4.94. The second-order valence-corrected chi connectivity index (χ2v) is 6.66. The summed E-state index contributed by atoms with van der Waals surface area (Å²) in [6.07, 6.45) is 2.89. The zero-order valence-electron chi connectivity index (χ0n) is 13.4. The van der Waals surface area contributed by atoms with Crippen LogP contribution in [0.5, 0.6) is 0 Å². The molecule has 0 radical (unpaired) electrons. The Morgan fingerprint density at radius 1 is 1.46 bits per heavy atom. The molecule has 3 rings (SSSR count). The largest absolute Gasteiger partial charge is 0.466 e. The fourth-order valence-electron chi connectivity index (χ4n) is 2.89. The minimum absolute atomic E-state index is 0.0603. The van der Waals surface area contributed by atoms with E-state index in [1.54, 1.807) is 23.3 Å². The summed E-state index contributed by atoms with van der Waals surface area (Å²) in [6, 6.07) is 1.78. The number of rotatable bonds is 4. The van der Waals surface area contributed by atoms with E-state index in [1.807, 2.05) is 0 Å². The molecule has 1 atom stereocenters. The van der Waals surface area contributed by atoms with Gasteiger partial charge in [0.15, 0.2) is 0 Å². The van der Waals surface area contributed by atoms with Gasteiger partial charge in [0.25, 0.3) is 5.56 Å². The Balaban J connectivity index is 1.70. The summed E-state index contributed by atoms with van der Waals surface area (Å²) in [5, 5.41) is 1.81. The molecular weight excluding hydrogens is 330 g/mol.